The molecule has 0 saturated carbocycles. The molecule has 3 heterocycles. The van der Waals surface area contributed by atoms with Crippen LogP contribution in [0.4, 0.5) is 5.13 Å². The zero-order valence-corrected chi connectivity index (χ0v) is 19.4. The van der Waals surface area contributed by atoms with Crippen LogP contribution >= 0.6 is 22.9 Å². The topological polar surface area (TPSA) is 78.3 Å². The molecule has 0 atom stereocenters. The zero-order chi connectivity index (χ0) is 22.8. The van der Waals surface area contributed by atoms with E-state index in [1.54, 1.807) is 12.3 Å². The third-order valence-electron chi connectivity index (χ3n) is 5.17. The van der Waals surface area contributed by atoms with Gasteiger partial charge in [0.2, 0.25) is 5.91 Å². The number of ether oxygens (including phenoxy) is 2. The zero-order valence-electron chi connectivity index (χ0n) is 17.9. The molecule has 1 aliphatic rings. The maximum absolute atomic E-state index is 12.9. The van der Waals surface area contributed by atoms with Crippen molar-refractivity contribution in [2.75, 3.05) is 18.5 Å². The highest BCUT2D eigenvalue weighted by molar-refractivity contribution is 7.19. The number of thiazole rings is 1. The Bertz CT molecular complexity index is 1300. The van der Waals surface area contributed by atoms with E-state index in [4.69, 9.17) is 26.1 Å². The summed E-state index contributed by atoms with van der Waals surface area (Å²) in [6.07, 6.45) is 4.55. The summed E-state index contributed by atoms with van der Waals surface area (Å²) in [5, 5.41) is 3.88. The molecule has 0 fully saturated rings. The van der Waals surface area contributed by atoms with Crippen molar-refractivity contribution >= 4 is 34.0 Å². The van der Waals surface area contributed by atoms with Gasteiger partial charge in [-0.2, -0.15) is 0 Å². The quantitative estimate of drug-likeness (QED) is 0.424. The van der Waals surface area contributed by atoms with Crippen LogP contribution in [0.5, 0.6) is 11.5 Å². The molecule has 0 saturated heterocycles. The highest BCUT2D eigenvalue weighted by atomic mass is 35.5. The third kappa shape index (κ3) is 4.58. The SMILES string of the molecule is Cn1ccnc1-c1sc(NC(=O)Cc2cc(Cl)c3c(c2)OCCCO3)nc1-c1ccccc1. The van der Waals surface area contributed by atoms with E-state index in [2.05, 4.69) is 10.3 Å². The van der Waals surface area contributed by atoms with Gasteiger partial charge in [0.1, 0.15) is 0 Å². The third-order valence-corrected chi connectivity index (χ3v) is 6.42. The lowest BCUT2D eigenvalue weighted by molar-refractivity contribution is -0.115. The van der Waals surface area contributed by atoms with Crippen molar-refractivity contribution in [2.45, 2.75) is 12.8 Å². The van der Waals surface area contributed by atoms with Crippen LogP contribution in [0, 0.1) is 0 Å². The molecular formula is C24H21ClN4O3S. The number of rotatable bonds is 5. The molecule has 33 heavy (non-hydrogen) atoms. The lowest BCUT2D eigenvalue weighted by atomic mass is 10.1. The number of anilines is 1. The summed E-state index contributed by atoms with van der Waals surface area (Å²) in [6.45, 7) is 1.11. The fourth-order valence-corrected chi connectivity index (χ4v) is 4.97. The fraction of sp³-hybridized carbons (Fsp3) is 0.208. The maximum Gasteiger partial charge on any atom is 0.230 e. The highest BCUT2D eigenvalue weighted by Crippen LogP contribution is 2.39. The minimum atomic E-state index is -0.194. The molecule has 0 aliphatic carbocycles. The Morgan fingerprint density at radius 1 is 1.21 bits per heavy atom. The first-order chi connectivity index (χ1) is 16.1. The number of aryl methyl sites for hydroxylation is 1. The van der Waals surface area contributed by atoms with Crippen LogP contribution in [0.25, 0.3) is 22.0 Å². The first kappa shape index (κ1) is 21.5. The van der Waals surface area contributed by atoms with E-state index >= 15 is 0 Å². The van der Waals surface area contributed by atoms with Gasteiger partial charge < -0.3 is 19.4 Å². The van der Waals surface area contributed by atoms with E-state index in [9.17, 15) is 4.79 Å². The first-order valence-electron chi connectivity index (χ1n) is 10.5. The van der Waals surface area contributed by atoms with Crippen LogP contribution in [0.15, 0.2) is 54.9 Å². The van der Waals surface area contributed by atoms with Gasteiger partial charge in [0, 0.05) is 31.4 Å². The summed E-state index contributed by atoms with van der Waals surface area (Å²) in [5.74, 6) is 1.70. The molecule has 168 valence electrons. The molecular weight excluding hydrogens is 460 g/mol. The Labute approximate surface area is 200 Å². The Morgan fingerprint density at radius 2 is 2.03 bits per heavy atom. The molecule has 5 rings (SSSR count). The van der Waals surface area contributed by atoms with Crippen LogP contribution in [0.1, 0.15) is 12.0 Å². The molecule has 1 aliphatic heterocycles. The number of hydrogen-bond donors (Lipinski definition) is 1. The first-order valence-corrected chi connectivity index (χ1v) is 11.7. The molecule has 9 heteroatoms. The van der Waals surface area contributed by atoms with Crippen molar-refractivity contribution in [3.05, 3.63) is 65.4 Å². The monoisotopic (exact) mass is 480 g/mol. The van der Waals surface area contributed by atoms with E-state index in [1.807, 2.05) is 54.2 Å². The van der Waals surface area contributed by atoms with Gasteiger partial charge in [0.15, 0.2) is 22.5 Å². The van der Waals surface area contributed by atoms with Crippen LogP contribution in [-0.2, 0) is 18.3 Å². The Hall–Kier alpha value is -3.36. The summed E-state index contributed by atoms with van der Waals surface area (Å²) in [4.78, 5) is 22.9. The summed E-state index contributed by atoms with van der Waals surface area (Å²) < 4.78 is 13.3. The van der Waals surface area contributed by atoms with Gasteiger partial charge >= 0.3 is 0 Å². The number of carbonyl (C=O) groups excluding carboxylic acids is 1. The average molecular weight is 481 g/mol. The van der Waals surface area contributed by atoms with E-state index in [0.29, 0.717) is 34.9 Å². The lowest BCUT2D eigenvalue weighted by Crippen LogP contribution is -2.14. The number of hydrogen-bond acceptors (Lipinski definition) is 6. The Kier molecular flexibility index (Phi) is 6.02. The predicted molar refractivity (Wildman–Crippen MR) is 129 cm³/mol. The molecule has 0 radical (unpaired) electrons. The van der Waals surface area contributed by atoms with Gasteiger partial charge in [-0.05, 0) is 17.7 Å². The second-order valence-electron chi connectivity index (χ2n) is 7.60. The van der Waals surface area contributed by atoms with E-state index < -0.39 is 0 Å². The molecule has 2 aromatic heterocycles. The van der Waals surface area contributed by atoms with Crippen molar-refractivity contribution in [1.29, 1.82) is 0 Å². The number of halogens is 1. The number of imidazole rings is 1. The van der Waals surface area contributed by atoms with Gasteiger partial charge in [-0.3, -0.25) is 4.79 Å². The minimum Gasteiger partial charge on any atom is -0.489 e. The summed E-state index contributed by atoms with van der Waals surface area (Å²) in [7, 11) is 1.93. The minimum absolute atomic E-state index is 0.133. The fourth-order valence-electron chi connectivity index (χ4n) is 3.64. The number of benzene rings is 2. The van der Waals surface area contributed by atoms with Crippen LogP contribution < -0.4 is 14.8 Å². The number of amides is 1. The van der Waals surface area contributed by atoms with Crippen molar-refractivity contribution in [3.63, 3.8) is 0 Å². The lowest BCUT2D eigenvalue weighted by Gasteiger charge is -2.11. The molecule has 2 aromatic carbocycles. The van der Waals surface area contributed by atoms with Crippen molar-refractivity contribution in [2.24, 2.45) is 7.05 Å². The second kappa shape index (κ2) is 9.25. The molecule has 0 unspecified atom stereocenters. The highest BCUT2D eigenvalue weighted by Gasteiger charge is 2.20. The number of aromatic nitrogens is 3. The molecule has 1 N–H and O–H groups in total. The van der Waals surface area contributed by atoms with Crippen molar-refractivity contribution < 1.29 is 14.3 Å². The second-order valence-corrected chi connectivity index (χ2v) is 9.01. The number of nitrogens with one attached hydrogen (secondary N) is 1. The van der Waals surface area contributed by atoms with Gasteiger partial charge in [-0.15, -0.1) is 0 Å². The molecule has 4 aromatic rings. The maximum atomic E-state index is 12.9. The van der Waals surface area contributed by atoms with Crippen LogP contribution in [0.2, 0.25) is 5.02 Å². The largest absolute Gasteiger partial charge is 0.489 e. The Morgan fingerprint density at radius 3 is 2.82 bits per heavy atom. The van der Waals surface area contributed by atoms with E-state index in [0.717, 1.165) is 33.9 Å². The standard InChI is InChI=1S/C24H21ClN4O3S/c1-29-9-8-26-23(29)22-20(16-6-3-2-4-7-16)28-24(33-22)27-19(30)14-15-12-17(25)21-18(13-15)31-10-5-11-32-21/h2-4,6-9,12-13H,5,10-11,14H2,1H3,(H,27,28,30). The predicted octanol–water partition coefficient (Wildman–Crippen LogP) is 5.21. The van der Waals surface area contributed by atoms with Gasteiger partial charge in [-0.1, -0.05) is 53.3 Å². The van der Waals surface area contributed by atoms with Gasteiger partial charge in [-0.25, -0.2) is 9.97 Å². The molecule has 0 spiro atoms. The number of fused-ring (bicyclic) bond motifs is 1. The average Bonchev–Trinajstić information content (AvgIpc) is 3.32. The van der Waals surface area contributed by atoms with Crippen LogP contribution in [0.3, 0.4) is 0 Å². The van der Waals surface area contributed by atoms with Gasteiger partial charge in [0.05, 0.1) is 35.2 Å². The normalized spacial score (nSPS) is 12.9. The molecule has 0 bridgehead atoms. The van der Waals surface area contributed by atoms with Crippen molar-refractivity contribution in [1.82, 2.24) is 14.5 Å². The van der Waals surface area contributed by atoms with Gasteiger partial charge in [0.25, 0.3) is 0 Å². The summed E-state index contributed by atoms with van der Waals surface area (Å²) in [5.41, 5.74) is 2.48. The van der Waals surface area contributed by atoms with E-state index in [1.165, 1.54) is 11.3 Å². The number of carbonyl (C=O) groups is 1. The van der Waals surface area contributed by atoms with Crippen molar-refractivity contribution in [3.8, 4) is 33.5 Å². The Balaban J connectivity index is 1.40. The molecule has 7 nitrogen and oxygen atoms in total. The summed E-state index contributed by atoms with van der Waals surface area (Å²) in [6, 6.07) is 13.4. The molecule has 1 amide bonds. The summed E-state index contributed by atoms with van der Waals surface area (Å²) >= 11 is 7.77. The van der Waals surface area contributed by atoms with Crippen LogP contribution in [-0.4, -0.2) is 33.7 Å². The van der Waals surface area contributed by atoms with E-state index in [-0.39, 0.29) is 12.3 Å². The number of nitrogens with zero attached hydrogens (tertiary/aromatic N) is 3. The smallest absolute Gasteiger partial charge is 0.230 e.